The largest absolute Gasteiger partial charge is 0.435 e. The van der Waals surface area contributed by atoms with Crippen molar-refractivity contribution in [1.29, 1.82) is 0 Å². The molecule has 1 rings (SSSR count). The van der Waals surface area contributed by atoms with Gasteiger partial charge in [-0.3, -0.25) is 0 Å². The average Bonchev–Trinajstić information content (AvgIpc) is 2.20. The zero-order valence-corrected chi connectivity index (χ0v) is 9.07. The van der Waals surface area contributed by atoms with Gasteiger partial charge in [-0.05, 0) is 19.8 Å². The molecule has 1 aliphatic rings. The molecule has 0 aromatic heterocycles. The highest BCUT2D eigenvalue weighted by Crippen LogP contribution is 2.20. The summed E-state index contributed by atoms with van der Waals surface area (Å²) in [5, 5.41) is 9.56. The fourth-order valence-corrected chi connectivity index (χ4v) is 1.57. The van der Waals surface area contributed by atoms with Crippen molar-refractivity contribution in [3.8, 4) is 0 Å². The van der Waals surface area contributed by atoms with Gasteiger partial charge in [0, 0.05) is 5.57 Å². The van der Waals surface area contributed by atoms with Gasteiger partial charge in [-0.25, -0.2) is 4.79 Å². The van der Waals surface area contributed by atoms with Gasteiger partial charge in [0.05, 0.1) is 12.2 Å². The topological polar surface area (TPSA) is 55.8 Å². The molecule has 0 amide bonds. The maximum absolute atomic E-state index is 11.0. The van der Waals surface area contributed by atoms with E-state index in [2.05, 4.69) is 6.58 Å². The summed E-state index contributed by atoms with van der Waals surface area (Å²) < 4.78 is 10.1. The van der Waals surface area contributed by atoms with Crippen molar-refractivity contribution in [1.82, 2.24) is 0 Å². The van der Waals surface area contributed by atoms with Crippen LogP contribution < -0.4 is 0 Å². The SMILES string of the molecule is C=C(C)C(=O)OCOC1CCCCC1O. The number of carbonyl (C=O) groups excluding carboxylic acids is 1. The minimum absolute atomic E-state index is 0.104. The molecule has 0 saturated heterocycles. The van der Waals surface area contributed by atoms with Crippen LogP contribution in [0.4, 0.5) is 0 Å². The number of hydrogen-bond acceptors (Lipinski definition) is 4. The molecule has 0 bridgehead atoms. The first-order valence-electron chi connectivity index (χ1n) is 5.23. The van der Waals surface area contributed by atoms with Crippen LogP contribution in [0.15, 0.2) is 12.2 Å². The standard InChI is InChI=1S/C11H18O4/c1-8(2)11(13)15-7-14-10-6-4-3-5-9(10)12/h9-10,12H,1,3-7H2,2H3. The predicted octanol–water partition coefficient (Wildman–Crippen LogP) is 1.38. The van der Waals surface area contributed by atoms with Crippen molar-refractivity contribution in [3.05, 3.63) is 12.2 Å². The minimum atomic E-state index is -0.458. The molecule has 2 unspecified atom stereocenters. The van der Waals surface area contributed by atoms with Crippen molar-refractivity contribution < 1.29 is 19.4 Å². The van der Waals surface area contributed by atoms with Gasteiger partial charge in [0.1, 0.15) is 0 Å². The van der Waals surface area contributed by atoms with Crippen molar-refractivity contribution in [3.63, 3.8) is 0 Å². The highest BCUT2D eigenvalue weighted by molar-refractivity contribution is 5.86. The van der Waals surface area contributed by atoms with Gasteiger partial charge in [0.2, 0.25) is 0 Å². The molecule has 1 N–H and O–H groups in total. The lowest BCUT2D eigenvalue weighted by atomic mass is 9.95. The van der Waals surface area contributed by atoms with E-state index in [4.69, 9.17) is 9.47 Å². The van der Waals surface area contributed by atoms with Crippen molar-refractivity contribution in [2.24, 2.45) is 0 Å². The van der Waals surface area contributed by atoms with E-state index in [1.165, 1.54) is 0 Å². The number of rotatable bonds is 4. The molecule has 0 aromatic rings. The van der Waals surface area contributed by atoms with Gasteiger partial charge in [0.25, 0.3) is 0 Å². The van der Waals surface area contributed by atoms with E-state index in [0.29, 0.717) is 5.57 Å². The molecule has 0 spiro atoms. The van der Waals surface area contributed by atoms with Gasteiger partial charge >= 0.3 is 5.97 Å². The van der Waals surface area contributed by atoms with Gasteiger partial charge in [-0.2, -0.15) is 0 Å². The number of hydrogen-bond donors (Lipinski definition) is 1. The normalized spacial score (nSPS) is 26.0. The van der Waals surface area contributed by atoms with Crippen LogP contribution in [0.3, 0.4) is 0 Å². The van der Waals surface area contributed by atoms with Gasteiger partial charge < -0.3 is 14.6 Å². The Bertz CT molecular complexity index is 237. The van der Waals surface area contributed by atoms with Crippen LogP contribution in [0.25, 0.3) is 0 Å². The average molecular weight is 214 g/mol. The Labute approximate surface area is 89.9 Å². The van der Waals surface area contributed by atoms with Crippen molar-refractivity contribution in [2.45, 2.75) is 44.8 Å². The lowest BCUT2D eigenvalue weighted by Gasteiger charge is -2.27. The first kappa shape index (κ1) is 12.2. The summed E-state index contributed by atoms with van der Waals surface area (Å²) >= 11 is 0. The number of aliphatic hydroxyl groups is 1. The quantitative estimate of drug-likeness (QED) is 0.436. The van der Waals surface area contributed by atoms with E-state index in [-0.39, 0.29) is 12.9 Å². The highest BCUT2D eigenvalue weighted by Gasteiger charge is 2.23. The Morgan fingerprint density at radius 3 is 2.73 bits per heavy atom. The van der Waals surface area contributed by atoms with Crippen molar-refractivity contribution >= 4 is 5.97 Å². The lowest BCUT2D eigenvalue weighted by molar-refractivity contribution is -0.165. The second kappa shape index (κ2) is 5.88. The van der Waals surface area contributed by atoms with Crippen LogP contribution >= 0.6 is 0 Å². The van der Waals surface area contributed by atoms with Gasteiger partial charge in [-0.1, -0.05) is 19.4 Å². The summed E-state index contributed by atoms with van der Waals surface area (Å²) in [5.41, 5.74) is 0.350. The third kappa shape index (κ3) is 4.01. The van der Waals surface area contributed by atoms with E-state index >= 15 is 0 Å². The number of esters is 1. The lowest BCUT2D eigenvalue weighted by Crippen LogP contribution is -2.33. The molecule has 0 heterocycles. The Balaban J connectivity index is 2.19. The summed E-state index contributed by atoms with van der Waals surface area (Å²) in [4.78, 5) is 11.0. The van der Waals surface area contributed by atoms with E-state index < -0.39 is 12.1 Å². The number of aliphatic hydroxyl groups excluding tert-OH is 1. The molecular weight excluding hydrogens is 196 g/mol. The molecule has 1 saturated carbocycles. The first-order chi connectivity index (χ1) is 7.11. The van der Waals surface area contributed by atoms with Crippen LogP contribution in [-0.2, 0) is 14.3 Å². The molecule has 4 heteroatoms. The zero-order chi connectivity index (χ0) is 11.3. The van der Waals surface area contributed by atoms with Crippen LogP contribution in [-0.4, -0.2) is 30.1 Å². The van der Waals surface area contributed by atoms with E-state index in [1.54, 1.807) is 6.92 Å². The van der Waals surface area contributed by atoms with E-state index in [1.807, 2.05) is 0 Å². The summed E-state index contributed by atoms with van der Waals surface area (Å²) in [5.74, 6) is -0.458. The minimum Gasteiger partial charge on any atom is -0.435 e. The molecule has 0 aromatic carbocycles. The molecule has 4 nitrogen and oxygen atoms in total. The smallest absolute Gasteiger partial charge is 0.335 e. The third-order valence-electron chi connectivity index (χ3n) is 2.49. The summed E-state index contributed by atoms with van der Waals surface area (Å²) in [6, 6.07) is 0. The first-order valence-corrected chi connectivity index (χ1v) is 5.23. The summed E-state index contributed by atoms with van der Waals surface area (Å²) in [6.45, 7) is 4.93. The molecule has 0 aliphatic heterocycles. The maximum Gasteiger partial charge on any atom is 0.335 e. The molecule has 1 aliphatic carbocycles. The monoisotopic (exact) mass is 214 g/mol. The fourth-order valence-electron chi connectivity index (χ4n) is 1.57. The van der Waals surface area contributed by atoms with Crippen LogP contribution in [0.5, 0.6) is 0 Å². The molecule has 0 radical (unpaired) electrons. The Morgan fingerprint density at radius 2 is 2.13 bits per heavy atom. The number of carbonyl (C=O) groups is 1. The second-order valence-electron chi connectivity index (χ2n) is 3.89. The van der Waals surface area contributed by atoms with Crippen LogP contribution in [0.1, 0.15) is 32.6 Å². The highest BCUT2D eigenvalue weighted by atomic mass is 16.7. The fraction of sp³-hybridized carbons (Fsp3) is 0.727. The summed E-state index contributed by atoms with van der Waals surface area (Å²) in [7, 11) is 0. The van der Waals surface area contributed by atoms with Gasteiger partial charge in [0.15, 0.2) is 6.79 Å². The maximum atomic E-state index is 11.0. The Morgan fingerprint density at radius 1 is 1.47 bits per heavy atom. The van der Waals surface area contributed by atoms with Crippen LogP contribution in [0.2, 0.25) is 0 Å². The molecule has 15 heavy (non-hydrogen) atoms. The van der Waals surface area contributed by atoms with E-state index in [0.717, 1.165) is 25.7 Å². The van der Waals surface area contributed by atoms with E-state index in [9.17, 15) is 9.90 Å². The Kier molecular flexibility index (Phi) is 4.78. The molecule has 86 valence electrons. The Hall–Kier alpha value is -0.870. The zero-order valence-electron chi connectivity index (χ0n) is 9.07. The predicted molar refractivity (Wildman–Crippen MR) is 55.1 cm³/mol. The van der Waals surface area contributed by atoms with Gasteiger partial charge in [-0.15, -0.1) is 0 Å². The molecular formula is C11H18O4. The number of ether oxygens (including phenoxy) is 2. The molecule has 2 atom stereocenters. The van der Waals surface area contributed by atoms with Crippen LogP contribution in [0, 0.1) is 0 Å². The molecule has 1 fully saturated rings. The third-order valence-corrected chi connectivity index (χ3v) is 2.49. The van der Waals surface area contributed by atoms with Crippen molar-refractivity contribution in [2.75, 3.05) is 6.79 Å². The second-order valence-corrected chi connectivity index (χ2v) is 3.89. The summed E-state index contributed by atoms with van der Waals surface area (Å²) in [6.07, 6.45) is 3.05.